The first-order valence-electron chi connectivity index (χ1n) is 6.62. The van der Waals surface area contributed by atoms with Crippen molar-refractivity contribution in [2.45, 2.75) is 38.0 Å². The van der Waals surface area contributed by atoms with Gasteiger partial charge in [-0.3, -0.25) is 4.79 Å². The zero-order valence-corrected chi connectivity index (χ0v) is 11.2. The van der Waals surface area contributed by atoms with Crippen molar-refractivity contribution < 1.29 is 18.7 Å². The first kappa shape index (κ1) is 14.9. The number of carbonyl (C=O) groups is 1. The van der Waals surface area contributed by atoms with E-state index >= 15 is 0 Å². The number of amides is 1. The Balaban J connectivity index is 1.92. The second-order valence-electron chi connectivity index (χ2n) is 5.16. The van der Waals surface area contributed by atoms with Gasteiger partial charge in [-0.1, -0.05) is 6.07 Å². The predicted molar refractivity (Wildman–Crippen MR) is 70.1 cm³/mol. The van der Waals surface area contributed by atoms with Gasteiger partial charge in [-0.15, -0.1) is 0 Å². The number of aliphatic hydroxyl groups excluding tert-OH is 1. The lowest BCUT2D eigenvalue weighted by Crippen LogP contribution is -2.45. The summed E-state index contributed by atoms with van der Waals surface area (Å²) in [4.78, 5) is 11.9. The number of hydrogen-bond donors (Lipinski definition) is 3. The molecule has 3 N–H and O–H groups in total. The number of halogens is 2. The van der Waals surface area contributed by atoms with Crippen molar-refractivity contribution in [1.82, 2.24) is 10.6 Å². The van der Waals surface area contributed by atoms with Gasteiger partial charge in [0.2, 0.25) is 5.91 Å². The quantitative estimate of drug-likeness (QED) is 0.764. The smallest absolute Gasteiger partial charge is 0.237 e. The van der Waals surface area contributed by atoms with Crippen LogP contribution >= 0.6 is 0 Å². The number of rotatable bonds is 4. The summed E-state index contributed by atoms with van der Waals surface area (Å²) in [6.45, 7) is 2.07. The first-order valence-corrected chi connectivity index (χ1v) is 6.62. The van der Waals surface area contributed by atoms with E-state index in [-0.39, 0.29) is 17.9 Å². The molecular formula is C14H18F2N2O2. The summed E-state index contributed by atoms with van der Waals surface area (Å²) in [6, 6.07) is 2.86. The van der Waals surface area contributed by atoms with Gasteiger partial charge in [0.05, 0.1) is 12.1 Å². The van der Waals surface area contributed by atoms with E-state index in [9.17, 15) is 18.7 Å². The second-order valence-corrected chi connectivity index (χ2v) is 5.16. The molecule has 2 rings (SSSR count). The minimum absolute atomic E-state index is 0.0280. The van der Waals surface area contributed by atoms with Gasteiger partial charge in [0.25, 0.3) is 0 Å². The Morgan fingerprint density at radius 2 is 2.15 bits per heavy atom. The summed E-state index contributed by atoms with van der Waals surface area (Å²) in [5.74, 6) is -1.48. The largest absolute Gasteiger partial charge is 0.392 e. The number of nitrogens with one attached hydrogen (secondary N) is 2. The molecule has 0 spiro atoms. The van der Waals surface area contributed by atoms with Crippen LogP contribution in [0, 0.1) is 11.6 Å². The number of aliphatic hydroxyl groups is 1. The lowest BCUT2D eigenvalue weighted by Gasteiger charge is -2.17. The third-order valence-corrected chi connectivity index (χ3v) is 3.38. The topological polar surface area (TPSA) is 61.4 Å². The fourth-order valence-corrected chi connectivity index (χ4v) is 2.34. The van der Waals surface area contributed by atoms with E-state index in [1.807, 2.05) is 0 Å². The van der Waals surface area contributed by atoms with Crippen molar-refractivity contribution in [1.29, 1.82) is 0 Å². The molecule has 0 bridgehead atoms. The summed E-state index contributed by atoms with van der Waals surface area (Å²) in [5, 5.41) is 14.9. The molecule has 1 amide bonds. The Bertz CT molecular complexity index is 476. The normalized spacial score (nSPS) is 23.6. The first-order chi connectivity index (χ1) is 9.47. The molecule has 110 valence electrons. The molecule has 1 aromatic carbocycles. The summed E-state index contributed by atoms with van der Waals surface area (Å²) < 4.78 is 27.0. The highest BCUT2D eigenvalue weighted by atomic mass is 19.1. The molecule has 20 heavy (non-hydrogen) atoms. The van der Waals surface area contributed by atoms with Crippen molar-refractivity contribution in [3.8, 4) is 0 Å². The summed E-state index contributed by atoms with van der Waals surface area (Å²) in [5.41, 5.74) is -0.0280. The summed E-state index contributed by atoms with van der Waals surface area (Å²) in [7, 11) is 0. The fraction of sp³-hybridized carbons (Fsp3) is 0.500. The molecule has 3 atom stereocenters. The van der Waals surface area contributed by atoms with Gasteiger partial charge >= 0.3 is 0 Å². The van der Waals surface area contributed by atoms with Crippen LogP contribution in [0.4, 0.5) is 8.78 Å². The van der Waals surface area contributed by atoms with Gasteiger partial charge in [0.1, 0.15) is 11.6 Å². The highest BCUT2D eigenvalue weighted by molar-refractivity contribution is 5.82. The molecule has 0 saturated carbocycles. The Morgan fingerprint density at radius 1 is 1.50 bits per heavy atom. The van der Waals surface area contributed by atoms with E-state index in [1.165, 1.54) is 18.2 Å². The maximum Gasteiger partial charge on any atom is 0.237 e. The molecule has 1 heterocycles. The number of β-amino-alcohol motifs (C(OH)–C–C–N with tert-alkyl or cyclic N) is 1. The van der Waals surface area contributed by atoms with E-state index in [0.717, 1.165) is 0 Å². The van der Waals surface area contributed by atoms with Gasteiger partial charge in [-0.2, -0.15) is 0 Å². The van der Waals surface area contributed by atoms with Crippen LogP contribution in [0.15, 0.2) is 18.2 Å². The number of benzene rings is 1. The van der Waals surface area contributed by atoms with E-state index in [1.54, 1.807) is 6.92 Å². The van der Waals surface area contributed by atoms with Crippen LogP contribution in [0.3, 0.4) is 0 Å². The van der Waals surface area contributed by atoms with Gasteiger partial charge in [-0.25, -0.2) is 8.78 Å². The van der Waals surface area contributed by atoms with Crippen LogP contribution in [-0.2, 0) is 11.2 Å². The van der Waals surface area contributed by atoms with E-state index < -0.39 is 29.8 Å². The molecule has 0 aliphatic carbocycles. The Kier molecular flexibility index (Phi) is 4.67. The molecule has 0 aromatic heterocycles. The highest BCUT2D eigenvalue weighted by Gasteiger charge is 2.28. The lowest BCUT2D eigenvalue weighted by molar-refractivity contribution is -0.123. The van der Waals surface area contributed by atoms with E-state index in [0.29, 0.717) is 13.0 Å². The van der Waals surface area contributed by atoms with Gasteiger partial charge < -0.3 is 15.7 Å². The molecule has 4 nitrogen and oxygen atoms in total. The van der Waals surface area contributed by atoms with E-state index in [2.05, 4.69) is 10.6 Å². The molecule has 1 saturated heterocycles. The van der Waals surface area contributed by atoms with Crippen molar-refractivity contribution in [3.05, 3.63) is 35.4 Å². The maximum absolute atomic E-state index is 13.5. The SMILES string of the molecule is CC(Cc1c(F)cccc1F)NC(=O)C1CC(O)CN1. The van der Waals surface area contributed by atoms with Crippen molar-refractivity contribution in [2.75, 3.05) is 6.54 Å². The Morgan fingerprint density at radius 3 is 2.70 bits per heavy atom. The average Bonchev–Trinajstić information content (AvgIpc) is 2.81. The van der Waals surface area contributed by atoms with Crippen LogP contribution in [0.25, 0.3) is 0 Å². The van der Waals surface area contributed by atoms with Gasteiger partial charge in [-0.05, 0) is 31.9 Å². The highest BCUT2D eigenvalue weighted by Crippen LogP contribution is 2.14. The molecule has 3 unspecified atom stereocenters. The number of hydrogen-bond acceptors (Lipinski definition) is 3. The van der Waals surface area contributed by atoms with Crippen molar-refractivity contribution >= 4 is 5.91 Å². The molecule has 1 fully saturated rings. The predicted octanol–water partition coefficient (Wildman–Crippen LogP) is 0.735. The minimum atomic E-state index is -0.611. The maximum atomic E-state index is 13.5. The minimum Gasteiger partial charge on any atom is -0.392 e. The Hall–Kier alpha value is -1.53. The molecule has 1 aliphatic rings. The fourth-order valence-electron chi connectivity index (χ4n) is 2.34. The van der Waals surface area contributed by atoms with Crippen LogP contribution in [0.2, 0.25) is 0 Å². The van der Waals surface area contributed by atoms with Crippen molar-refractivity contribution in [3.63, 3.8) is 0 Å². The van der Waals surface area contributed by atoms with Crippen LogP contribution in [-0.4, -0.2) is 35.7 Å². The lowest BCUT2D eigenvalue weighted by atomic mass is 10.1. The van der Waals surface area contributed by atoms with Gasteiger partial charge in [0, 0.05) is 18.2 Å². The zero-order chi connectivity index (χ0) is 14.7. The summed E-state index contributed by atoms with van der Waals surface area (Å²) >= 11 is 0. The second kappa shape index (κ2) is 6.28. The standard InChI is InChI=1S/C14H18F2N2O2/c1-8(5-10-11(15)3-2-4-12(10)16)18-14(20)13-6-9(19)7-17-13/h2-4,8-9,13,17,19H,5-7H2,1H3,(H,18,20). The molecule has 1 aliphatic heterocycles. The molecular weight excluding hydrogens is 266 g/mol. The van der Waals surface area contributed by atoms with E-state index in [4.69, 9.17) is 0 Å². The number of carbonyl (C=O) groups excluding carboxylic acids is 1. The monoisotopic (exact) mass is 284 g/mol. The molecule has 6 heteroatoms. The molecule has 1 aromatic rings. The van der Waals surface area contributed by atoms with Crippen LogP contribution in [0.1, 0.15) is 18.9 Å². The van der Waals surface area contributed by atoms with Crippen LogP contribution in [0.5, 0.6) is 0 Å². The molecule has 0 radical (unpaired) electrons. The van der Waals surface area contributed by atoms with Crippen LogP contribution < -0.4 is 10.6 Å². The summed E-state index contributed by atoms with van der Waals surface area (Å²) in [6.07, 6.45) is -0.0864. The third-order valence-electron chi connectivity index (χ3n) is 3.38. The van der Waals surface area contributed by atoms with Crippen molar-refractivity contribution in [2.24, 2.45) is 0 Å². The third kappa shape index (κ3) is 3.52. The zero-order valence-electron chi connectivity index (χ0n) is 11.2. The Labute approximate surface area is 116 Å². The average molecular weight is 284 g/mol. The van der Waals surface area contributed by atoms with Gasteiger partial charge in [0.15, 0.2) is 0 Å².